The molecule has 3 N–H and O–H groups in total. The number of nitrogens with one attached hydrogen (secondary N) is 3. The van der Waals surface area contributed by atoms with Crippen LogP contribution in [-0.2, 0) is 25.5 Å². The van der Waals surface area contributed by atoms with Crippen LogP contribution in [0.4, 0.5) is 0 Å². The maximum absolute atomic E-state index is 13.1. The molecule has 176 valence electrons. The summed E-state index contributed by atoms with van der Waals surface area (Å²) in [6.07, 6.45) is 5.78. The molecular weight excluding hydrogens is 406 g/mol. The maximum Gasteiger partial charge on any atom is 0.306 e. The van der Waals surface area contributed by atoms with Crippen LogP contribution in [0, 0.1) is 11.8 Å². The number of hydrogen-bond acceptors (Lipinski definition) is 4. The van der Waals surface area contributed by atoms with E-state index in [4.69, 9.17) is 4.74 Å². The Bertz CT molecular complexity index is 890. The predicted octanol–water partition coefficient (Wildman–Crippen LogP) is 3.73. The normalized spacial score (nSPS) is 13.0. The van der Waals surface area contributed by atoms with Crippen molar-refractivity contribution < 1.29 is 19.1 Å². The molecule has 0 fully saturated rings. The van der Waals surface area contributed by atoms with Gasteiger partial charge in [0.25, 0.3) is 0 Å². The number of hydrogen-bond donors (Lipinski definition) is 3. The van der Waals surface area contributed by atoms with E-state index < -0.39 is 17.9 Å². The van der Waals surface area contributed by atoms with Gasteiger partial charge in [0, 0.05) is 36.0 Å². The van der Waals surface area contributed by atoms with Gasteiger partial charge in [0.2, 0.25) is 11.8 Å². The minimum Gasteiger partial charge on any atom is -0.469 e. The summed E-state index contributed by atoms with van der Waals surface area (Å²) < 4.78 is 4.77. The number of unbranched alkanes of at least 4 members (excludes halogenated alkanes) is 2. The first kappa shape index (κ1) is 25.4. The van der Waals surface area contributed by atoms with Gasteiger partial charge in [-0.2, -0.15) is 0 Å². The summed E-state index contributed by atoms with van der Waals surface area (Å²) in [5.41, 5.74) is 1.95. The standard InChI is InChI=1S/C25H37N3O4/c1-5-6-9-12-26-25(31)22(14-19-16-27-21-11-8-7-10-20(19)21)28-24(30)18(13-17(2)3)15-23(29)32-4/h7-8,10-11,16-18,22,27H,5-6,9,12-15H2,1-4H3,(H,26,31)(H,28,30)/t18-,22+/m1/s1. The van der Waals surface area contributed by atoms with Crippen LogP contribution in [0.15, 0.2) is 30.5 Å². The third-order valence-electron chi connectivity index (χ3n) is 5.58. The van der Waals surface area contributed by atoms with Gasteiger partial charge in [-0.3, -0.25) is 14.4 Å². The van der Waals surface area contributed by atoms with Crippen LogP contribution in [0.3, 0.4) is 0 Å². The van der Waals surface area contributed by atoms with Crippen molar-refractivity contribution in [2.75, 3.05) is 13.7 Å². The molecule has 0 bridgehead atoms. The number of H-pyrrole nitrogens is 1. The number of benzene rings is 1. The number of aromatic nitrogens is 1. The molecule has 2 rings (SSSR count). The first-order valence-electron chi connectivity index (χ1n) is 11.6. The molecule has 0 saturated heterocycles. The Morgan fingerprint density at radius 3 is 2.53 bits per heavy atom. The summed E-state index contributed by atoms with van der Waals surface area (Å²) in [5, 5.41) is 6.91. The van der Waals surface area contributed by atoms with Gasteiger partial charge in [-0.1, -0.05) is 51.8 Å². The zero-order valence-electron chi connectivity index (χ0n) is 19.7. The molecule has 32 heavy (non-hydrogen) atoms. The van der Waals surface area contributed by atoms with Gasteiger partial charge in [0.1, 0.15) is 6.04 Å². The van der Waals surface area contributed by atoms with Crippen molar-refractivity contribution >= 4 is 28.7 Å². The van der Waals surface area contributed by atoms with Crippen molar-refractivity contribution in [2.24, 2.45) is 11.8 Å². The third-order valence-corrected chi connectivity index (χ3v) is 5.58. The van der Waals surface area contributed by atoms with Gasteiger partial charge in [-0.15, -0.1) is 0 Å². The second-order valence-electron chi connectivity index (χ2n) is 8.73. The third kappa shape index (κ3) is 7.70. The van der Waals surface area contributed by atoms with E-state index in [-0.39, 0.29) is 24.2 Å². The second-order valence-corrected chi connectivity index (χ2v) is 8.73. The molecule has 0 aliphatic carbocycles. The Labute approximate surface area is 190 Å². The molecule has 1 aromatic heterocycles. The summed E-state index contributed by atoms with van der Waals surface area (Å²) in [6, 6.07) is 7.15. The molecule has 7 nitrogen and oxygen atoms in total. The lowest BCUT2D eigenvalue weighted by atomic mass is 9.92. The second kappa shape index (κ2) is 12.9. The van der Waals surface area contributed by atoms with Gasteiger partial charge < -0.3 is 20.4 Å². The van der Waals surface area contributed by atoms with Gasteiger partial charge in [-0.25, -0.2) is 0 Å². The smallest absolute Gasteiger partial charge is 0.306 e. The number of ether oxygens (including phenoxy) is 1. The van der Waals surface area contributed by atoms with Crippen LogP contribution in [0.5, 0.6) is 0 Å². The van der Waals surface area contributed by atoms with Gasteiger partial charge in [0.15, 0.2) is 0 Å². The summed E-state index contributed by atoms with van der Waals surface area (Å²) in [6.45, 7) is 6.69. The summed E-state index contributed by atoms with van der Waals surface area (Å²) in [7, 11) is 1.32. The van der Waals surface area contributed by atoms with Crippen LogP contribution in [0.1, 0.15) is 58.4 Å². The van der Waals surface area contributed by atoms with Crippen molar-refractivity contribution in [1.29, 1.82) is 0 Å². The number of rotatable bonds is 13. The largest absolute Gasteiger partial charge is 0.469 e. The van der Waals surface area contributed by atoms with E-state index in [1.807, 2.05) is 44.3 Å². The lowest BCUT2D eigenvalue weighted by Gasteiger charge is -2.23. The molecule has 1 heterocycles. The summed E-state index contributed by atoms with van der Waals surface area (Å²) >= 11 is 0. The number of fused-ring (bicyclic) bond motifs is 1. The maximum atomic E-state index is 13.1. The van der Waals surface area contributed by atoms with Crippen molar-refractivity contribution in [2.45, 2.75) is 65.3 Å². The Hall–Kier alpha value is -2.83. The first-order valence-corrected chi connectivity index (χ1v) is 11.6. The molecule has 7 heteroatoms. The minimum atomic E-state index is -0.726. The highest BCUT2D eigenvalue weighted by molar-refractivity contribution is 5.91. The number of esters is 1. The van der Waals surface area contributed by atoms with E-state index >= 15 is 0 Å². The van der Waals surface area contributed by atoms with E-state index in [1.54, 1.807) is 0 Å². The van der Waals surface area contributed by atoms with E-state index in [2.05, 4.69) is 22.5 Å². The topological polar surface area (TPSA) is 100 Å². The number of methoxy groups -OCH3 is 1. The van der Waals surface area contributed by atoms with E-state index in [1.165, 1.54) is 7.11 Å². The van der Waals surface area contributed by atoms with Gasteiger partial charge >= 0.3 is 5.97 Å². The van der Waals surface area contributed by atoms with Crippen molar-refractivity contribution in [3.05, 3.63) is 36.0 Å². The fraction of sp³-hybridized carbons (Fsp3) is 0.560. The fourth-order valence-electron chi connectivity index (χ4n) is 3.87. The van der Waals surface area contributed by atoms with Crippen LogP contribution in [-0.4, -0.2) is 42.5 Å². The van der Waals surface area contributed by atoms with Gasteiger partial charge in [0.05, 0.1) is 13.5 Å². The highest BCUT2D eigenvalue weighted by Crippen LogP contribution is 2.21. The zero-order valence-corrected chi connectivity index (χ0v) is 19.7. The molecule has 0 spiro atoms. The summed E-state index contributed by atoms with van der Waals surface area (Å²) in [5.74, 6) is -1.24. The van der Waals surface area contributed by atoms with Crippen LogP contribution in [0.2, 0.25) is 0 Å². The first-order chi connectivity index (χ1) is 15.3. The highest BCUT2D eigenvalue weighted by atomic mass is 16.5. The molecule has 2 aromatic rings. The Balaban J connectivity index is 2.19. The predicted molar refractivity (Wildman–Crippen MR) is 126 cm³/mol. The Kier molecular flexibility index (Phi) is 10.2. The molecule has 0 unspecified atom stereocenters. The monoisotopic (exact) mass is 443 g/mol. The molecule has 2 amide bonds. The average molecular weight is 444 g/mol. The SMILES string of the molecule is CCCCCNC(=O)[C@H](Cc1c[nH]c2ccccc12)NC(=O)[C@@H](CC(=O)OC)CC(C)C. The van der Waals surface area contributed by atoms with Crippen LogP contribution in [0.25, 0.3) is 10.9 Å². The van der Waals surface area contributed by atoms with Crippen molar-refractivity contribution in [1.82, 2.24) is 15.6 Å². The molecule has 0 aliphatic heterocycles. The molecule has 0 aliphatic rings. The van der Waals surface area contributed by atoms with Crippen LogP contribution >= 0.6 is 0 Å². The lowest BCUT2D eigenvalue weighted by Crippen LogP contribution is -2.50. The average Bonchev–Trinajstić information content (AvgIpc) is 3.18. The van der Waals surface area contributed by atoms with E-state index in [0.717, 1.165) is 35.7 Å². The van der Waals surface area contributed by atoms with E-state index in [9.17, 15) is 14.4 Å². The quantitative estimate of drug-likeness (QED) is 0.324. The lowest BCUT2D eigenvalue weighted by molar-refractivity contribution is -0.144. The molecule has 0 saturated carbocycles. The molecule has 2 atom stereocenters. The van der Waals surface area contributed by atoms with Crippen LogP contribution < -0.4 is 10.6 Å². The van der Waals surface area contributed by atoms with Gasteiger partial charge in [-0.05, 0) is 30.4 Å². The zero-order chi connectivity index (χ0) is 23.5. The number of carbonyl (C=O) groups excluding carboxylic acids is 3. The number of amides is 2. The number of aromatic amines is 1. The molecular formula is C25H37N3O4. The number of carbonyl (C=O) groups is 3. The fourth-order valence-corrected chi connectivity index (χ4v) is 3.87. The summed E-state index contributed by atoms with van der Waals surface area (Å²) in [4.78, 5) is 41.2. The number of para-hydroxylation sites is 1. The highest BCUT2D eigenvalue weighted by Gasteiger charge is 2.28. The Morgan fingerprint density at radius 1 is 1.09 bits per heavy atom. The molecule has 0 radical (unpaired) electrons. The molecule has 1 aromatic carbocycles. The minimum absolute atomic E-state index is 0.00155. The Morgan fingerprint density at radius 2 is 1.84 bits per heavy atom. The van der Waals surface area contributed by atoms with E-state index in [0.29, 0.717) is 19.4 Å². The van der Waals surface area contributed by atoms with Crippen molar-refractivity contribution in [3.8, 4) is 0 Å². The van der Waals surface area contributed by atoms with Crippen molar-refractivity contribution in [3.63, 3.8) is 0 Å².